The number of ether oxygens (including phenoxy) is 1. The van der Waals surface area contributed by atoms with E-state index in [4.69, 9.17) is 4.74 Å². The summed E-state index contributed by atoms with van der Waals surface area (Å²) in [4.78, 5) is 17.6. The first-order valence-corrected chi connectivity index (χ1v) is 13.3. The standard InChI is InChI=1S/C28H44N2O2/c1-3-11-27(31)30-21-24-14-9-10-15-26(24)32-28(22-30)18-16-25(17-19-28)29(2)20-23-12-7-5-4-6-8-13-23/h9-10,14-15,23,25H,3-8,11-13,16-22H2,1-2H3. The normalized spacial score (nSPS) is 27.3. The number of rotatable bonds is 5. The molecule has 178 valence electrons. The highest BCUT2D eigenvalue weighted by Gasteiger charge is 2.42. The molecule has 1 amide bonds. The molecule has 4 nitrogen and oxygen atoms in total. The van der Waals surface area contributed by atoms with Crippen LogP contribution in [0.3, 0.4) is 0 Å². The molecule has 3 aliphatic rings. The molecule has 4 heteroatoms. The number of carbonyl (C=O) groups excluding carboxylic acids is 1. The van der Waals surface area contributed by atoms with Crippen LogP contribution >= 0.6 is 0 Å². The second-order valence-corrected chi connectivity index (χ2v) is 10.8. The van der Waals surface area contributed by atoms with Gasteiger partial charge in [-0.2, -0.15) is 0 Å². The first-order valence-electron chi connectivity index (χ1n) is 13.3. The third-order valence-corrected chi connectivity index (χ3v) is 8.22. The summed E-state index contributed by atoms with van der Waals surface area (Å²) in [6.07, 6.45) is 15.9. The number of amides is 1. The van der Waals surface area contributed by atoms with Gasteiger partial charge in [0.2, 0.25) is 5.91 Å². The van der Waals surface area contributed by atoms with Gasteiger partial charge in [-0.3, -0.25) is 4.79 Å². The second kappa shape index (κ2) is 11.0. The van der Waals surface area contributed by atoms with E-state index in [9.17, 15) is 4.79 Å². The Kier molecular flexibility index (Phi) is 8.15. The highest BCUT2D eigenvalue weighted by molar-refractivity contribution is 5.76. The maximum absolute atomic E-state index is 12.9. The van der Waals surface area contributed by atoms with Gasteiger partial charge in [0.1, 0.15) is 11.4 Å². The maximum Gasteiger partial charge on any atom is 0.222 e. The number of benzene rings is 1. The van der Waals surface area contributed by atoms with Crippen LogP contribution in [0, 0.1) is 5.92 Å². The number of nitrogens with zero attached hydrogens (tertiary/aromatic N) is 2. The number of para-hydroxylation sites is 1. The minimum Gasteiger partial charge on any atom is -0.485 e. The van der Waals surface area contributed by atoms with Crippen molar-refractivity contribution in [1.82, 2.24) is 9.80 Å². The SMILES string of the molecule is CCCC(=O)N1Cc2ccccc2OC2(CCC(N(C)CC3CCCCCCC3)CC2)C1. The highest BCUT2D eigenvalue weighted by Crippen LogP contribution is 2.39. The molecule has 2 fully saturated rings. The lowest BCUT2D eigenvalue weighted by atomic mass is 9.80. The van der Waals surface area contributed by atoms with Crippen molar-refractivity contribution in [3.63, 3.8) is 0 Å². The van der Waals surface area contributed by atoms with Gasteiger partial charge in [0.05, 0.1) is 6.54 Å². The zero-order chi connectivity index (χ0) is 22.4. The van der Waals surface area contributed by atoms with E-state index in [1.165, 1.54) is 64.3 Å². The van der Waals surface area contributed by atoms with Crippen molar-refractivity contribution >= 4 is 5.91 Å². The molecule has 0 N–H and O–H groups in total. The van der Waals surface area contributed by atoms with Crippen LogP contribution < -0.4 is 4.74 Å². The van der Waals surface area contributed by atoms with Crippen LogP contribution in [-0.2, 0) is 11.3 Å². The van der Waals surface area contributed by atoms with Crippen LogP contribution in [0.15, 0.2) is 24.3 Å². The first kappa shape index (κ1) is 23.6. The summed E-state index contributed by atoms with van der Waals surface area (Å²) in [5, 5.41) is 0. The Bertz CT molecular complexity index is 733. The molecule has 0 unspecified atom stereocenters. The summed E-state index contributed by atoms with van der Waals surface area (Å²) in [5.74, 6) is 2.13. The van der Waals surface area contributed by atoms with Gasteiger partial charge >= 0.3 is 0 Å². The average molecular weight is 441 g/mol. The Morgan fingerprint density at radius 3 is 2.47 bits per heavy atom. The van der Waals surface area contributed by atoms with Crippen molar-refractivity contribution < 1.29 is 9.53 Å². The predicted molar refractivity (Wildman–Crippen MR) is 131 cm³/mol. The summed E-state index contributed by atoms with van der Waals surface area (Å²) >= 11 is 0. The fourth-order valence-corrected chi connectivity index (χ4v) is 6.27. The fourth-order valence-electron chi connectivity index (χ4n) is 6.27. The zero-order valence-corrected chi connectivity index (χ0v) is 20.5. The van der Waals surface area contributed by atoms with Crippen molar-refractivity contribution in [2.24, 2.45) is 5.92 Å². The molecule has 4 rings (SSSR count). The third kappa shape index (κ3) is 5.87. The Balaban J connectivity index is 1.40. The first-order chi connectivity index (χ1) is 15.6. The van der Waals surface area contributed by atoms with E-state index in [0.717, 1.165) is 43.0 Å². The highest BCUT2D eigenvalue weighted by atomic mass is 16.5. The molecule has 0 bridgehead atoms. The smallest absolute Gasteiger partial charge is 0.222 e. The van der Waals surface area contributed by atoms with Gasteiger partial charge in [0.25, 0.3) is 0 Å². The number of carbonyl (C=O) groups is 1. The molecule has 0 atom stereocenters. The molecule has 0 saturated heterocycles. The Hall–Kier alpha value is -1.55. The van der Waals surface area contributed by atoms with E-state index in [-0.39, 0.29) is 11.5 Å². The van der Waals surface area contributed by atoms with Crippen LogP contribution in [0.25, 0.3) is 0 Å². The average Bonchev–Trinajstić information content (AvgIpc) is 2.93. The van der Waals surface area contributed by atoms with E-state index in [1.54, 1.807) is 0 Å². The minimum absolute atomic E-state index is 0.229. The van der Waals surface area contributed by atoms with Crippen LogP contribution in [0.5, 0.6) is 5.75 Å². The summed E-state index contributed by atoms with van der Waals surface area (Å²) in [6, 6.07) is 8.98. The van der Waals surface area contributed by atoms with Gasteiger partial charge in [-0.1, -0.05) is 57.2 Å². The third-order valence-electron chi connectivity index (χ3n) is 8.22. The van der Waals surface area contributed by atoms with Gasteiger partial charge in [-0.05, 0) is 64.0 Å². The predicted octanol–water partition coefficient (Wildman–Crippen LogP) is 6.18. The second-order valence-electron chi connectivity index (χ2n) is 10.8. The van der Waals surface area contributed by atoms with Gasteiger partial charge < -0.3 is 14.5 Å². The van der Waals surface area contributed by atoms with E-state index in [0.29, 0.717) is 19.0 Å². The molecule has 1 heterocycles. The fraction of sp³-hybridized carbons (Fsp3) is 0.750. The van der Waals surface area contributed by atoms with Gasteiger partial charge in [-0.15, -0.1) is 0 Å². The van der Waals surface area contributed by atoms with Crippen LogP contribution in [-0.4, -0.2) is 47.5 Å². The van der Waals surface area contributed by atoms with E-state index < -0.39 is 0 Å². The minimum atomic E-state index is -0.229. The zero-order valence-electron chi connectivity index (χ0n) is 20.5. The van der Waals surface area contributed by atoms with Gasteiger partial charge in [0, 0.05) is 31.1 Å². The van der Waals surface area contributed by atoms with E-state index >= 15 is 0 Å². The molecule has 2 aliphatic carbocycles. The molecule has 2 saturated carbocycles. The molecule has 0 radical (unpaired) electrons. The summed E-state index contributed by atoms with van der Waals surface area (Å²) in [6.45, 7) is 4.76. The molecule has 1 aromatic carbocycles. The summed E-state index contributed by atoms with van der Waals surface area (Å²) < 4.78 is 6.74. The summed E-state index contributed by atoms with van der Waals surface area (Å²) in [5.41, 5.74) is 0.922. The van der Waals surface area contributed by atoms with Crippen molar-refractivity contribution in [2.75, 3.05) is 20.1 Å². The van der Waals surface area contributed by atoms with Crippen LogP contribution in [0.1, 0.15) is 96.0 Å². The van der Waals surface area contributed by atoms with Gasteiger partial charge in [0.15, 0.2) is 0 Å². The monoisotopic (exact) mass is 440 g/mol. The lowest BCUT2D eigenvalue weighted by Crippen LogP contribution is -2.52. The molecule has 0 aromatic heterocycles. The Morgan fingerprint density at radius 1 is 1.06 bits per heavy atom. The maximum atomic E-state index is 12.9. The van der Waals surface area contributed by atoms with Crippen molar-refractivity contribution in [1.29, 1.82) is 0 Å². The Morgan fingerprint density at radius 2 is 1.75 bits per heavy atom. The molecule has 32 heavy (non-hydrogen) atoms. The Labute approximate surface area is 195 Å². The van der Waals surface area contributed by atoms with Crippen LogP contribution in [0.2, 0.25) is 0 Å². The van der Waals surface area contributed by atoms with Gasteiger partial charge in [-0.25, -0.2) is 0 Å². The quantitative estimate of drug-likeness (QED) is 0.548. The van der Waals surface area contributed by atoms with Crippen LogP contribution in [0.4, 0.5) is 0 Å². The number of hydrogen-bond acceptors (Lipinski definition) is 3. The molecular formula is C28H44N2O2. The topological polar surface area (TPSA) is 32.8 Å². The van der Waals surface area contributed by atoms with Crippen molar-refractivity contribution in [2.45, 2.75) is 109 Å². The lowest BCUT2D eigenvalue weighted by molar-refractivity contribution is -0.135. The van der Waals surface area contributed by atoms with E-state index in [1.807, 2.05) is 0 Å². The molecule has 1 spiro atoms. The largest absolute Gasteiger partial charge is 0.485 e. The summed E-state index contributed by atoms with van der Waals surface area (Å²) in [7, 11) is 2.35. The molecular weight excluding hydrogens is 396 g/mol. The van der Waals surface area contributed by atoms with Crippen molar-refractivity contribution in [3.05, 3.63) is 29.8 Å². The number of fused-ring (bicyclic) bond motifs is 1. The molecule has 1 aromatic rings. The number of hydrogen-bond donors (Lipinski definition) is 0. The van der Waals surface area contributed by atoms with E-state index in [2.05, 4.69) is 48.0 Å². The van der Waals surface area contributed by atoms with Crippen molar-refractivity contribution in [3.8, 4) is 5.75 Å². The molecule has 1 aliphatic heterocycles. The lowest BCUT2D eigenvalue weighted by Gasteiger charge is -2.44.